The van der Waals surface area contributed by atoms with E-state index in [1.807, 2.05) is 24.4 Å². The van der Waals surface area contributed by atoms with Crippen LogP contribution in [-0.4, -0.2) is 47.3 Å². The first-order chi connectivity index (χ1) is 14.7. The van der Waals surface area contributed by atoms with Crippen molar-refractivity contribution in [1.82, 2.24) is 15.6 Å². The number of aliphatic imine (C=N–C) groups is 3. The molecule has 1 aromatic heterocycles. The van der Waals surface area contributed by atoms with Gasteiger partial charge in [-0.25, -0.2) is 9.98 Å². The van der Waals surface area contributed by atoms with Crippen LogP contribution in [0.25, 0.3) is 10.9 Å². The fourth-order valence-electron chi connectivity index (χ4n) is 5.02. The van der Waals surface area contributed by atoms with E-state index in [9.17, 15) is 4.79 Å². The molecule has 6 atom stereocenters. The maximum atomic E-state index is 12.1. The number of guanidine groups is 1. The van der Waals surface area contributed by atoms with E-state index < -0.39 is 0 Å². The number of anilines is 1. The number of carbonyl (C=O) groups excluding carboxylic acids is 1. The molecule has 0 saturated heterocycles. The van der Waals surface area contributed by atoms with Crippen molar-refractivity contribution in [2.24, 2.45) is 38.5 Å². The number of H-pyrrole nitrogens is 1. The third-order valence-electron chi connectivity index (χ3n) is 6.43. The molecule has 1 aromatic carbocycles. The number of aromatic nitrogens is 1. The predicted octanol–water partition coefficient (Wildman–Crippen LogP) is 0.940. The van der Waals surface area contributed by atoms with Gasteiger partial charge in [-0.2, -0.15) is 0 Å². The highest BCUT2D eigenvalue weighted by Gasteiger charge is 2.48. The molecule has 6 unspecified atom stereocenters. The Hall–Kier alpha value is -3.62. The zero-order valence-corrected chi connectivity index (χ0v) is 16.1. The van der Waals surface area contributed by atoms with Crippen LogP contribution in [0.1, 0.15) is 6.42 Å². The van der Waals surface area contributed by atoms with Gasteiger partial charge in [0.15, 0.2) is 6.17 Å². The quantitative estimate of drug-likeness (QED) is 0.489. The maximum absolute atomic E-state index is 12.1. The summed E-state index contributed by atoms with van der Waals surface area (Å²) in [4.78, 5) is 29.4. The van der Waals surface area contributed by atoms with Gasteiger partial charge >= 0.3 is 0 Å². The number of hydrogen-bond donors (Lipinski definition) is 5. The molecule has 1 amide bonds. The monoisotopic (exact) mass is 402 g/mol. The number of rotatable bonds is 3. The van der Waals surface area contributed by atoms with Crippen molar-refractivity contribution < 1.29 is 4.79 Å². The van der Waals surface area contributed by atoms with Gasteiger partial charge in [0.05, 0.1) is 18.3 Å². The second-order valence-corrected chi connectivity index (χ2v) is 8.22. The molecule has 2 bridgehead atoms. The number of carbonyl (C=O) groups is 1. The number of nitrogens with one attached hydrogen (secondary N) is 4. The van der Waals surface area contributed by atoms with Gasteiger partial charge in [-0.15, -0.1) is 0 Å². The van der Waals surface area contributed by atoms with Gasteiger partial charge in [-0.05, 0) is 36.6 Å². The van der Waals surface area contributed by atoms with Crippen LogP contribution in [0.2, 0.25) is 0 Å². The smallest absolute Gasteiger partial charge is 0.223 e. The minimum atomic E-state index is -0.301. The zero-order valence-electron chi connectivity index (χ0n) is 16.1. The van der Waals surface area contributed by atoms with E-state index >= 15 is 0 Å². The molecule has 4 aliphatic rings. The minimum absolute atomic E-state index is 0.154. The van der Waals surface area contributed by atoms with Gasteiger partial charge in [-0.1, -0.05) is 12.2 Å². The lowest BCUT2D eigenvalue weighted by Crippen LogP contribution is -2.55. The number of nitrogens with two attached hydrogens (primary N) is 1. The van der Waals surface area contributed by atoms with Gasteiger partial charge in [-0.3, -0.25) is 9.79 Å². The number of allylic oxidation sites excluding steroid dienone is 1. The van der Waals surface area contributed by atoms with Gasteiger partial charge < -0.3 is 26.7 Å². The second kappa shape index (κ2) is 6.45. The van der Waals surface area contributed by atoms with Crippen LogP contribution in [0.3, 0.4) is 0 Å². The number of fused-ring (bicyclic) bond motifs is 4. The summed E-state index contributed by atoms with van der Waals surface area (Å²) in [6, 6.07) is 7.77. The molecule has 6 rings (SSSR count). The molecule has 30 heavy (non-hydrogen) atoms. The standard InChI is InChI=1S/C21H22N8O/c22-18(30)15-11-1-2-12(7-11)16(15)27-20-17-19(25-9-24-17)28-21(29-20)26-13-3-4-14-10(8-13)5-6-23-14/h1-6,8-9,11-12,15-17,19,23H,7H2,(H2,22,30)(H,24,25)(H2,26,27,28,29). The van der Waals surface area contributed by atoms with Crippen molar-refractivity contribution in [3.63, 3.8) is 0 Å². The summed E-state index contributed by atoms with van der Waals surface area (Å²) in [7, 11) is 0. The topological polar surface area (TPSA) is 132 Å². The Balaban J connectivity index is 1.30. The van der Waals surface area contributed by atoms with E-state index in [1.165, 1.54) is 0 Å². The van der Waals surface area contributed by atoms with Crippen molar-refractivity contribution >= 4 is 40.6 Å². The average Bonchev–Trinajstić information content (AvgIpc) is 3.50. The largest absolute Gasteiger partial charge is 0.369 e. The van der Waals surface area contributed by atoms with Crippen molar-refractivity contribution in [3.8, 4) is 0 Å². The molecule has 1 fully saturated rings. The van der Waals surface area contributed by atoms with Crippen LogP contribution >= 0.6 is 0 Å². The number of nitrogens with zero attached hydrogens (tertiary/aromatic N) is 3. The molecule has 9 nitrogen and oxygen atoms in total. The number of amidine groups is 1. The fraction of sp³-hybridized carbons (Fsp3) is 0.333. The Kier molecular flexibility index (Phi) is 3.71. The molecule has 9 heteroatoms. The summed E-state index contributed by atoms with van der Waals surface area (Å²) < 4.78 is 0. The van der Waals surface area contributed by atoms with Crippen LogP contribution in [-0.2, 0) is 4.79 Å². The number of primary amides is 1. The number of aromatic amines is 1. The normalized spacial score (nSPS) is 34.7. The summed E-state index contributed by atoms with van der Waals surface area (Å²) in [5.41, 5.74) is 7.70. The molecule has 6 N–H and O–H groups in total. The van der Waals surface area contributed by atoms with Crippen LogP contribution in [0.4, 0.5) is 5.69 Å². The van der Waals surface area contributed by atoms with Crippen molar-refractivity contribution in [3.05, 3.63) is 42.6 Å². The highest BCUT2D eigenvalue weighted by molar-refractivity contribution is 6.11. The molecule has 2 aliphatic heterocycles. The Bertz CT molecular complexity index is 1140. The molecular formula is C21H22N8O. The molecule has 0 radical (unpaired) electrons. The Labute approximate surface area is 172 Å². The highest BCUT2D eigenvalue weighted by Crippen LogP contribution is 2.45. The van der Waals surface area contributed by atoms with E-state index in [2.05, 4.69) is 49.1 Å². The zero-order chi connectivity index (χ0) is 20.2. The number of hydrogen-bond acceptors (Lipinski definition) is 6. The lowest BCUT2D eigenvalue weighted by atomic mass is 9.88. The average molecular weight is 402 g/mol. The van der Waals surface area contributed by atoms with E-state index in [0.29, 0.717) is 5.96 Å². The summed E-state index contributed by atoms with van der Waals surface area (Å²) in [6.07, 6.45) is 8.48. The molecule has 3 heterocycles. The lowest BCUT2D eigenvalue weighted by molar-refractivity contribution is -0.122. The number of amides is 1. The van der Waals surface area contributed by atoms with Crippen molar-refractivity contribution in [2.75, 3.05) is 5.32 Å². The number of benzene rings is 1. The van der Waals surface area contributed by atoms with Crippen molar-refractivity contribution in [1.29, 1.82) is 0 Å². The SMILES string of the molecule is NC(=O)C1C2C=CC(C2)C1N=C1NC(Nc2ccc3[nH]ccc3c2)=NC2N=CNC12. The fourth-order valence-corrected chi connectivity index (χ4v) is 5.02. The molecule has 1 saturated carbocycles. The second-order valence-electron chi connectivity index (χ2n) is 8.22. The highest BCUT2D eigenvalue weighted by atomic mass is 16.1. The summed E-state index contributed by atoms with van der Waals surface area (Å²) in [5.74, 6) is 1.20. The summed E-state index contributed by atoms with van der Waals surface area (Å²) >= 11 is 0. The van der Waals surface area contributed by atoms with E-state index in [4.69, 9.17) is 10.7 Å². The van der Waals surface area contributed by atoms with Crippen molar-refractivity contribution in [2.45, 2.75) is 24.7 Å². The van der Waals surface area contributed by atoms with Gasteiger partial charge in [0.2, 0.25) is 11.9 Å². The van der Waals surface area contributed by atoms with Crippen LogP contribution in [0.15, 0.2) is 57.6 Å². The third-order valence-corrected chi connectivity index (χ3v) is 6.43. The third kappa shape index (κ3) is 2.69. The molecular weight excluding hydrogens is 380 g/mol. The summed E-state index contributed by atoms with van der Waals surface area (Å²) in [6.45, 7) is 0. The molecule has 152 valence electrons. The first-order valence-electron chi connectivity index (χ1n) is 10.2. The van der Waals surface area contributed by atoms with Gasteiger partial charge in [0.25, 0.3) is 0 Å². The Morgan fingerprint density at radius 3 is 3.03 bits per heavy atom. The van der Waals surface area contributed by atoms with Crippen LogP contribution in [0, 0.1) is 17.8 Å². The lowest BCUT2D eigenvalue weighted by Gasteiger charge is -2.29. The van der Waals surface area contributed by atoms with E-state index in [0.717, 1.165) is 28.8 Å². The Morgan fingerprint density at radius 2 is 2.13 bits per heavy atom. The molecule has 2 aromatic rings. The first kappa shape index (κ1) is 17.3. The van der Waals surface area contributed by atoms with Crippen LogP contribution in [0.5, 0.6) is 0 Å². The summed E-state index contributed by atoms with van der Waals surface area (Å²) in [5, 5.41) is 11.0. The maximum Gasteiger partial charge on any atom is 0.223 e. The Morgan fingerprint density at radius 1 is 1.23 bits per heavy atom. The van der Waals surface area contributed by atoms with Gasteiger partial charge in [0.1, 0.15) is 11.9 Å². The van der Waals surface area contributed by atoms with Gasteiger partial charge in [0, 0.05) is 28.7 Å². The molecule has 0 spiro atoms. The van der Waals surface area contributed by atoms with E-state index in [1.54, 1.807) is 6.34 Å². The first-order valence-corrected chi connectivity index (χ1v) is 10.2. The molecule has 2 aliphatic carbocycles. The van der Waals surface area contributed by atoms with Crippen LogP contribution < -0.4 is 21.7 Å². The van der Waals surface area contributed by atoms with E-state index in [-0.39, 0.29) is 41.9 Å². The predicted molar refractivity (Wildman–Crippen MR) is 116 cm³/mol. The minimum Gasteiger partial charge on any atom is -0.369 e.